The number of likely N-dealkylation sites (tertiary alicyclic amines) is 2. The van der Waals surface area contributed by atoms with Gasteiger partial charge in [0, 0.05) is 13.1 Å². The maximum absolute atomic E-state index is 2.66. The van der Waals surface area contributed by atoms with Crippen molar-refractivity contribution in [1.29, 1.82) is 0 Å². The molecule has 0 aliphatic carbocycles. The van der Waals surface area contributed by atoms with E-state index in [1.807, 2.05) is 0 Å². The maximum atomic E-state index is 2.66. The van der Waals surface area contributed by atoms with E-state index in [1.165, 1.54) is 65.0 Å². The van der Waals surface area contributed by atoms with Gasteiger partial charge >= 0.3 is 0 Å². The highest BCUT2D eigenvalue weighted by molar-refractivity contribution is 4.74. The lowest BCUT2D eigenvalue weighted by molar-refractivity contribution is 0.124. The highest BCUT2D eigenvalue weighted by Crippen LogP contribution is 2.19. The van der Waals surface area contributed by atoms with Crippen LogP contribution in [0.3, 0.4) is 0 Å². The highest BCUT2D eigenvalue weighted by Gasteiger charge is 2.19. The second kappa shape index (κ2) is 5.13. The molecule has 0 unspecified atom stereocenters. The molecule has 82 valence electrons. The first-order valence-electron chi connectivity index (χ1n) is 6.33. The normalized spacial score (nSPS) is 26.4. The summed E-state index contributed by atoms with van der Waals surface area (Å²) in [4.78, 5) is 5.23. The van der Waals surface area contributed by atoms with E-state index in [2.05, 4.69) is 16.7 Å². The van der Waals surface area contributed by atoms with E-state index in [1.54, 1.807) is 0 Å². The number of nitrogens with zero attached hydrogens (tertiary/aromatic N) is 2. The smallest absolute Gasteiger partial charge is 0.0109 e. The van der Waals surface area contributed by atoms with Gasteiger partial charge in [-0.15, -0.1) is 0 Å². The molecule has 0 atom stereocenters. The fraction of sp³-hybridized carbons (Fsp3) is 1.00. The van der Waals surface area contributed by atoms with Gasteiger partial charge in [-0.1, -0.05) is 13.3 Å². The van der Waals surface area contributed by atoms with Gasteiger partial charge in [0.2, 0.25) is 0 Å². The fourth-order valence-corrected chi connectivity index (χ4v) is 2.51. The van der Waals surface area contributed by atoms with Crippen LogP contribution in [0.2, 0.25) is 0 Å². The first-order valence-corrected chi connectivity index (χ1v) is 6.33. The first kappa shape index (κ1) is 10.4. The lowest BCUT2D eigenvalue weighted by Crippen LogP contribution is -2.44. The van der Waals surface area contributed by atoms with Gasteiger partial charge in [0.15, 0.2) is 0 Å². The molecule has 2 aliphatic heterocycles. The van der Waals surface area contributed by atoms with Crippen LogP contribution in [-0.4, -0.2) is 49.1 Å². The van der Waals surface area contributed by atoms with Crippen LogP contribution in [0.1, 0.15) is 32.6 Å². The van der Waals surface area contributed by atoms with Crippen LogP contribution < -0.4 is 0 Å². The first-order chi connectivity index (χ1) is 6.88. The Labute approximate surface area is 88.3 Å². The zero-order valence-corrected chi connectivity index (χ0v) is 9.54. The summed E-state index contributed by atoms with van der Waals surface area (Å²) in [6.07, 6.45) is 5.70. The van der Waals surface area contributed by atoms with Crippen molar-refractivity contribution in [3.63, 3.8) is 0 Å². The molecule has 0 saturated carbocycles. The average molecular weight is 196 g/mol. The standard InChI is InChI=1S/C12H24N2/c1-2-12-4-8-14(9-5-12)11-10-13-6-3-7-13/h12H,2-11H2,1H3. The summed E-state index contributed by atoms with van der Waals surface area (Å²) in [5.74, 6) is 1.02. The van der Waals surface area contributed by atoms with E-state index in [0.717, 1.165) is 5.92 Å². The third-order valence-corrected chi connectivity index (χ3v) is 3.97. The zero-order valence-electron chi connectivity index (χ0n) is 9.54. The van der Waals surface area contributed by atoms with E-state index >= 15 is 0 Å². The maximum Gasteiger partial charge on any atom is 0.0109 e. The monoisotopic (exact) mass is 196 g/mol. The number of rotatable bonds is 4. The SMILES string of the molecule is CCC1CCN(CCN2CCC2)CC1. The second-order valence-corrected chi connectivity index (χ2v) is 4.89. The van der Waals surface area contributed by atoms with Crippen molar-refractivity contribution in [2.24, 2.45) is 5.92 Å². The van der Waals surface area contributed by atoms with Crippen molar-refractivity contribution in [3.05, 3.63) is 0 Å². The summed E-state index contributed by atoms with van der Waals surface area (Å²) in [6.45, 7) is 10.4. The molecular formula is C12H24N2. The van der Waals surface area contributed by atoms with Crippen molar-refractivity contribution >= 4 is 0 Å². The van der Waals surface area contributed by atoms with Gasteiger partial charge in [0.05, 0.1) is 0 Å². The zero-order chi connectivity index (χ0) is 9.80. The molecule has 2 rings (SSSR count). The predicted octanol–water partition coefficient (Wildman–Crippen LogP) is 1.81. The Kier molecular flexibility index (Phi) is 3.82. The largest absolute Gasteiger partial charge is 0.302 e. The Bertz CT molecular complexity index is 158. The van der Waals surface area contributed by atoms with Gasteiger partial charge in [-0.3, -0.25) is 0 Å². The highest BCUT2D eigenvalue weighted by atomic mass is 15.2. The number of piperidine rings is 1. The van der Waals surface area contributed by atoms with Crippen LogP contribution in [0.5, 0.6) is 0 Å². The summed E-state index contributed by atoms with van der Waals surface area (Å²) >= 11 is 0. The van der Waals surface area contributed by atoms with Crippen LogP contribution in [-0.2, 0) is 0 Å². The van der Waals surface area contributed by atoms with Crippen molar-refractivity contribution < 1.29 is 0 Å². The van der Waals surface area contributed by atoms with E-state index in [0.29, 0.717) is 0 Å². The molecule has 2 nitrogen and oxygen atoms in total. The van der Waals surface area contributed by atoms with E-state index < -0.39 is 0 Å². The van der Waals surface area contributed by atoms with E-state index in [9.17, 15) is 0 Å². The third-order valence-electron chi connectivity index (χ3n) is 3.97. The minimum atomic E-state index is 1.02. The van der Waals surface area contributed by atoms with Gasteiger partial charge in [0.25, 0.3) is 0 Å². The van der Waals surface area contributed by atoms with Gasteiger partial charge < -0.3 is 9.80 Å². The molecule has 2 heteroatoms. The molecular weight excluding hydrogens is 172 g/mol. The molecule has 2 aliphatic rings. The van der Waals surface area contributed by atoms with E-state index in [4.69, 9.17) is 0 Å². The van der Waals surface area contributed by atoms with Gasteiger partial charge in [0.1, 0.15) is 0 Å². The summed E-state index contributed by atoms with van der Waals surface area (Å²) in [6, 6.07) is 0. The van der Waals surface area contributed by atoms with Crippen LogP contribution in [0.4, 0.5) is 0 Å². The Balaban J connectivity index is 1.58. The molecule has 0 amide bonds. The minimum absolute atomic E-state index is 1.02. The van der Waals surface area contributed by atoms with Crippen LogP contribution in [0, 0.1) is 5.92 Å². The Morgan fingerprint density at radius 1 is 0.929 bits per heavy atom. The van der Waals surface area contributed by atoms with Crippen LogP contribution >= 0.6 is 0 Å². The van der Waals surface area contributed by atoms with Crippen molar-refractivity contribution in [2.75, 3.05) is 39.3 Å². The Hall–Kier alpha value is -0.0800. The van der Waals surface area contributed by atoms with Crippen molar-refractivity contribution in [2.45, 2.75) is 32.6 Å². The lowest BCUT2D eigenvalue weighted by Gasteiger charge is -2.36. The van der Waals surface area contributed by atoms with Gasteiger partial charge in [-0.2, -0.15) is 0 Å². The fourth-order valence-electron chi connectivity index (χ4n) is 2.51. The molecule has 0 radical (unpaired) electrons. The molecule has 0 aromatic heterocycles. The number of hydrogen-bond acceptors (Lipinski definition) is 2. The van der Waals surface area contributed by atoms with Crippen LogP contribution in [0.15, 0.2) is 0 Å². The Morgan fingerprint density at radius 3 is 1.93 bits per heavy atom. The molecule has 0 N–H and O–H groups in total. The third kappa shape index (κ3) is 2.71. The molecule has 2 heterocycles. The molecule has 0 aromatic carbocycles. The molecule has 0 bridgehead atoms. The molecule has 2 saturated heterocycles. The summed E-state index contributed by atoms with van der Waals surface area (Å²) in [5.41, 5.74) is 0. The predicted molar refractivity (Wildman–Crippen MR) is 60.5 cm³/mol. The quantitative estimate of drug-likeness (QED) is 0.676. The van der Waals surface area contributed by atoms with Crippen molar-refractivity contribution in [3.8, 4) is 0 Å². The molecule has 0 spiro atoms. The summed E-state index contributed by atoms with van der Waals surface area (Å²) in [5, 5.41) is 0. The van der Waals surface area contributed by atoms with Crippen LogP contribution in [0.25, 0.3) is 0 Å². The lowest BCUT2D eigenvalue weighted by atomic mass is 9.94. The topological polar surface area (TPSA) is 6.48 Å². The summed E-state index contributed by atoms with van der Waals surface area (Å²) < 4.78 is 0. The summed E-state index contributed by atoms with van der Waals surface area (Å²) in [7, 11) is 0. The molecule has 2 fully saturated rings. The average Bonchev–Trinajstić information content (AvgIpc) is 2.16. The molecule has 0 aromatic rings. The second-order valence-electron chi connectivity index (χ2n) is 4.89. The minimum Gasteiger partial charge on any atom is -0.302 e. The van der Waals surface area contributed by atoms with E-state index in [-0.39, 0.29) is 0 Å². The van der Waals surface area contributed by atoms with Gasteiger partial charge in [-0.05, 0) is 51.4 Å². The van der Waals surface area contributed by atoms with Gasteiger partial charge in [-0.25, -0.2) is 0 Å². The molecule has 14 heavy (non-hydrogen) atoms. The van der Waals surface area contributed by atoms with Crippen molar-refractivity contribution in [1.82, 2.24) is 9.80 Å². The number of hydrogen-bond donors (Lipinski definition) is 0. The Morgan fingerprint density at radius 2 is 1.50 bits per heavy atom.